The summed E-state index contributed by atoms with van der Waals surface area (Å²) in [6.07, 6.45) is 0. The molecular formula is C36H26N4O12S2. The summed E-state index contributed by atoms with van der Waals surface area (Å²) in [6, 6.07) is 23.3. The molecule has 0 fully saturated rings. The molecule has 0 unspecified atom stereocenters. The summed E-state index contributed by atoms with van der Waals surface area (Å²) in [5, 5.41) is 30.2. The second-order valence-electron chi connectivity index (χ2n) is 11.6. The second-order valence-corrected chi connectivity index (χ2v) is 14.4. The van der Waals surface area contributed by atoms with Crippen LogP contribution in [0.15, 0.2) is 119 Å². The molecule has 0 spiro atoms. The van der Waals surface area contributed by atoms with Crippen LogP contribution in [0.1, 0.15) is 20.7 Å². The molecule has 8 N–H and O–H groups in total. The molecule has 0 aromatic heterocycles. The van der Waals surface area contributed by atoms with Gasteiger partial charge >= 0.3 is 11.8 Å². The Hall–Kier alpha value is -6.86. The van der Waals surface area contributed by atoms with Gasteiger partial charge in [0.15, 0.2) is 0 Å². The van der Waals surface area contributed by atoms with E-state index < -0.39 is 53.7 Å². The van der Waals surface area contributed by atoms with E-state index in [-0.39, 0.29) is 66.9 Å². The number of carbonyl (C=O) groups excluding carboxylic acids is 4. The minimum absolute atomic E-state index is 0.0374. The molecule has 6 aromatic carbocycles. The molecule has 0 aliphatic rings. The minimum atomic E-state index is -4.66. The number of anilines is 4. The zero-order chi connectivity index (χ0) is 38.9. The number of hydrogen-bond acceptors (Lipinski definition) is 10. The van der Waals surface area contributed by atoms with Crippen molar-refractivity contribution in [2.75, 3.05) is 21.3 Å². The van der Waals surface area contributed by atoms with Crippen LogP contribution in [-0.2, 0) is 29.8 Å². The lowest BCUT2D eigenvalue weighted by atomic mass is 10.1. The average molecular weight is 771 g/mol. The van der Waals surface area contributed by atoms with Crippen LogP contribution in [0.4, 0.5) is 22.7 Å². The van der Waals surface area contributed by atoms with Crippen LogP contribution in [0.25, 0.3) is 21.5 Å². The van der Waals surface area contributed by atoms with Gasteiger partial charge in [0.05, 0.1) is 0 Å². The van der Waals surface area contributed by atoms with Crippen molar-refractivity contribution in [1.82, 2.24) is 0 Å². The molecule has 16 nitrogen and oxygen atoms in total. The van der Waals surface area contributed by atoms with Crippen LogP contribution >= 0.6 is 0 Å². The van der Waals surface area contributed by atoms with E-state index in [2.05, 4.69) is 21.3 Å². The highest BCUT2D eigenvalue weighted by Gasteiger charge is 2.20. The SMILES string of the molecule is O=C(Nc1cccc(C(=O)Nc2ccc3c(O)ccc(S(=O)(=O)O)c3c2)c1)C(=O)Nc1cccc(C(=O)Nc2ccc3c(O)ccc(S(=O)(=O)O)c3c2)c1. The van der Waals surface area contributed by atoms with Gasteiger partial charge in [0.25, 0.3) is 32.1 Å². The molecular weight excluding hydrogens is 745 g/mol. The lowest BCUT2D eigenvalue weighted by Gasteiger charge is -2.11. The maximum absolute atomic E-state index is 13.0. The van der Waals surface area contributed by atoms with E-state index in [9.17, 15) is 55.3 Å². The van der Waals surface area contributed by atoms with Gasteiger partial charge in [-0.05, 0) is 97.1 Å². The number of carbonyl (C=O) groups is 4. The summed E-state index contributed by atoms with van der Waals surface area (Å²) in [5.74, 6) is -4.10. The van der Waals surface area contributed by atoms with Gasteiger partial charge in [-0.15, -0.1) is 0 Å². The molecule has 0 saturated heterocycles. The Bertz CT molecular complexity index is 2600. The quantitative estimate of drug-likeness (QED) is 0.0753. The van der Waals surface area contributed by atoms with Gasteiger partial charge in [-0.3, -0.25) is 28.3 Å². The van der Waals surface area contributed by atoms with Crippen LogP contribution < -0.4 is 21.3 Å². The van der Waals surface area contributed by atoms with Crippen molar-refractivity contribution in [3.63, 3.8) is 0 Å². The van der Waals surface area contributed by atoms with Gasteiger partial charge in [-0.1, -0.05) is 12.1 Å². The van der Waals surface area contributed by atoms with Crippen molar-refractivity contribution in [3.8, 4) is 11.5 Å². The van der Waals surface area contributed by atoms with E-state index >= 15 is 0 Å². The van der Waals surface area contributed by atoms with Gasteiger partial charge < -0.3 is 31.5 Å². The smallest absolute Gasteiger partial charge is 0.314 e. The van der Waals surface area contributed by atoms with Crippen LogP contribution in [0.3, 0.4) is 0 Å². The Morgan fingerprint density at radius 3 is 1.17 bits per heavy atom. The lowest BCUT2D eigenvalue weighted by Crippen LogP contribution is -2.29. The molecule has 0 radical (unpaired) electrons. The first kappa shape index (κ1) is 36.9. The molecule has 18 heteroatoms. The Morgan fingerprint density at radius 2 is 0.796 bits per heavy atom. The molecule has 0 aliphatic heterocycles. The number of nitrogens with one attached hydrogen (secondary N) is 4. The second kappa shape index (κ2) is 14.3. The highest BCUT2D eigenvalue weighted by molar-refractivity contribution is 7.86. The zero-order valence-electron chi connectivity index (χ0n) is 27.3. The van der Waals surface area contributed by atoms with Crippen molar-refractivity contribution >= 4 is 88.2 Å². The van der Waals surface area contributed by atoms with Gasteiger partial charge in [-0.2, -0.15) is 16.8 Å². The van der Waals surface area contributed by atoms with Crippen molar-refractivity contribution in [2.24, 2.45) is 0 Å². The third-order valence-electron chi connectivity index (χ3n) is 7.95. The maximum atomic E-state index is 13.0. The van der Waals surface area contributed by atoms with Crippen molar-refractivity contribution < 1.29 is 55.3 Å². The summed E-state index contributed by atoms with van der Waals surface area (Å²) >= 11 is 0. The Labute approximate surface area is 305 Å². The first-order chi connectivity index (χ1) is 25.5. The van der Waals surface area contributed by atoms with Crippen LogP contribution in [0, 0.1) is 0 Å². The number of phenols is 2. The predicted molar refractivity (Wildman–Crippen MR) is 197 cm³/mol. The monoisotopic (exact) mass is 770 g/mol. The van der Waals surface area contributed by atoms with Gasteiger partial charge in [0, 0.05) is 55.4 Å². The van der Waals surface area contributed by atoms with E-state index in [0.717, 1.165) is 24.3 Å². The summed E-state index contributed by atoms with van der Waals surface area (Å²) in [6.45, 7) is 0. The molecule has 274 valence electrons. The summed E-state index contributed by atoms with van der Waals surface area (Å²) < 4.78 is 66.6. The number of amides is 4. The van der Waals surface area contributed by atoms with E-state index in [1.54, 1.807) is 0 Å². The Balaban J connectivity index is 1.11. The zero-order valence-corrected chi connectivity index (χ0v) is 28.9. The van der Waals surface area contributed by atoms with Gasteiger partial charge in [0.1, 0.15) is 21.3 Å². The topological polar surface area (TPSA) is 266 Å². The van der Waals surface area contributed by atoms with E-state index in [1.807, 2.05) is 0 Å². The van der Waals surface area contributed by atoms with E-state index in [0.29, 0.717) is 0 Å². The van der Waals surface area contributed by atoms with E-state index in [1.165, 1.54) is 84.9 Å². The lowest BCUT2D eigenvalue weighted by molar-refractivity contribution is -0.132. The largest absolute Gasteiger partial charge is 0.507 e. The highest BCUT2D eigenvalue weighted by atomic mass is 32.2. The maximum Gasteiger partial charge on any atom is 0.314 e. The van der Waals surface area contributed by atoms with E-state index in [4.69, 9.17) is 0 Å². The number of fused-ring (bicyclic) bond motifs is 2. The van der Waals surface area contributed by atoms with Crippen molar-refractivity contribution in [3.05, 3.63) is 120 Å². The molecule has 6 rings (SSSR count). The number of rotatable bonds is 8. The predicted octanol–water partition coefficient (Wildman–Crippen LogP) is 4.98. The number of hydrogen-bond donors (Lipinski definition) is 8. The molecule has 0 atom stereocenters. The first-order valence-electron chi connectivity index (χ1n) is 15.4. The fourth-order valence-electron chi connectivity index (χ4n) is 5.48. The first-order valence-corrected chi connectivity index (χ1v) is 18.3. The Kier molecular flexibility index (Phi) is 9.76. The van der Waals surface area contributed by atoms with Crippen LogP contribution in [0.2, 0.25) is 0 Å². The highest BCUT2D eigenvalue weighted by Crippen LogP contribution is 2.34. The minimum Gasteiger partial charge on any atom is -0.507 e. The standard InChI is InChI=1S/C36H26N4O12S2/c41-29-11-13-31(53(47,48)49)27-17-23(7-9-25(27)29)37-33(43)19-3-1-5-21(15-19)39-35(45)36(46)40-22-6-2-4-20(16-22)34(44)38-24-8-10-26-28(18-24)32(54(50,51)52)14-12-30(26)42/h1-18,41-42H,(H,37,43)(H,38,44)(H,39,45)(H,40,46)(H,47,48,49)(H,50,51,52). The number of benzene rings is 6. The fraction of sp³-hybridized carbons (Fsp3) is 0. The normalized spacial score (nSPS) is 11.5. The Morgan fingerprint density at radius 1 is 0.426 bits per heavy atom. The molecule has 0 saturated carbocycles. The van der Waals surface area contributed by atoms with Crippen molar-refractivity contribution in [1.29, 1.82) is 0 Å². The number of phenolic OH excluding ortho intramolecular Hbond substituents is 2. The molecule has 0 heterocycles. The third-order valence-corrected chi connectivity index (χ3v) is 9.77. The molecule has 0 bridgehead atoms. The molecule has 4 amide bonds. The molecule has 54 heavy (non-hydrogen) atoms. The molecule has 6 aromatic rings. The third kappa shape index (κ3) is 7.96. The number of aromatic hydroxyl groups is 2. The van der Waals surface area contributed by atoms with Gasteiger partial charge in [0.2, 0.25) is 0 Å². The average Bonchev–Trinajstić information content (AvgIpc) is 3.11. The fourth-order valence-corrected chi connectivity index (χ4v) is 6.85. The van der Waals surface area contributed by atoms with Crippen LogP contribution in [-0.4, -0.2) is 59.8 Å². The van der Waals surface area contributed by atoms with Gasteiger partial charge in [-0.25, -0.2) is 0 Å². The summed E-state index contributed by atoms with van der Waals surface area (Å²) in [7, 11) is -9.32. The van der Waals surface area contributed by atoms with Crippen molar-refractivity contribution in [2.45, 2.75) is 9.79 Å². The summed E-state index contributed by atoms with van der Waals surface area (Å²) in [4.78, 5) is 50.7. The summed E-state index contributed by atoms with van der Waals surface area (Å²) in [5.41, 5.74) is 0.446. The molecule has 0 aliphatic carbocycles. The van der Waals surface area contributed by atoms with Crippen LogP contribution in [0.5, 0.6) is 11.5 Å².